The molecule has 0 aliphatic carbocycles. The smallest absolute Gasteiger partial charge is 0.511 e. The summed E-state index contributed by atoms with van der Waals surface area (Å²) in [5, 5.41) is 18.2. The second-order valence-electron chi connectivity index (χ2n) is 4.23. The minimum atomic E-state index is -3.92. The van der Waals surface area contributed by atoms with E-state index in [0.29, 0.717) is 10.7 Å². The monoisotopic (exact) mass is 344 g/mol. The quantitative estimate of drug-likeness (QED) is 0.746. The second kappa shape index (κ2) is 6.20. The average Bonchev–Trinajstić information content (AvgIpc) is 2.77. The fourth-order valence-electron chi connectivity index (χ4n) is 1.81. The van der Waals surface area contributed by atoms with E-state index < -0.39 is 17.2 Å². The highest BCUT2D eigenvalue weighted by molar-refractivity contribution is 7.93. The Hall–Kier alpha value is -1.69. The van der Waals surface area contributed by atoms with Crippen LogP contribution in [0.25, 0.3) is 0 Å². The first-order valence-corrected chi connectivity index (χ1v) is 8.31. The van der Waals surface area contributed by atoms with Gasteiger partial charge in [-0.15, -0.1) is 11.3 Å². The molecule has 0 amide bonds. The maximum Gasteiger partial charge on any atom is 0.707 e. The minimum Gasteiger partial charge on any atom is -0.511 e. The van der Waals surface area contributed by atoms with Crippen molar-refractivity contribution in [2.75, 3.05) is 7.11 Å². The number of nitrogens with zero attached hydrogens (tertiary/aromatic N) is 2. The van der Waals surface area contributed by atoms with Gasteiger partial charge in [-0.3, -0.25) is 0 Å². The van der Waals surface area contributed by atoms with Crippen molar-refractivity contribution in [2.45, 2.75) is 23.0 Å². The molecule has 0 bridgehead atoms. The number of hydrogen-bond donors (Lipinski definition) is 2. The summed E-state index contributed by atoms with van der Waals surface area (Å²) in [7, 11) is -4.72. The number of ether oxygens (including phenoxy) is 1. The third-order valence-corrected chi connectivity index (χ3v) is 6.05. The van der Waals surface area contributed by atoms with Crippen LogP contribution in [0.2, 0.25) is 0 Å². The zero-order valence-electron chi connectivity index (χ0n) is 12.0. The SMILES string of the molecule is COc1ncc(OB(O)O)cc1S(=O)(=O)c1sc(C)nc1C. The number of aromatic nitrogens is 2. The first kappa shape index (κ1) is 16.7. The lowest BCUT2D eigenvalue weighted by molar-refractivity contribution is 0.286. The summed E-state index contributed by atoms with van der Waals surface area (Å²) in [6.45, 7) is 3.29. The van der Waals surface area contributed by atoms with E-state index in [-0.39, 0.29) is 20.7 Å². The zero-order valence-corrected chi connectivity index (χ0v) is 13.6. The standard InChI is InChI=1S/C11H13BN2O6S2/c1-6-11(21-7(2)14-6)22(17,18)9-4-8(20-12(15)16)5-13-10(9)19-3/h4-5,15-16H,1-3H3. The van der Waals surface area contributed by atoms with Gasteiger partial charge in [0.05, 0.1) is 24.0 Å². The lowest BCUT2D eigenvalue weighted by atomic mass is 10.2. The van der Waals surface area contributed by atoms with E-state index in [4.69, 9.17) is 14.8 Å². The maximum atomic E-state index is 12.8. The molecule has 0 atom stereocenters. The molecule has 0 fully saturated rings. The van der Waals surface area contributed by atoms with E-state index in [1.165, 1.54) is 7.11 Å². The van der Waals surface area contributed by atoms with Gasteiger partial charge in [-0.2, -0.15) is 0 Å². The Morgan fingerprint density at radius 1 is 1.32 bits per heavy atom. The van der Waals surface area contributed by atoms with Crippen molar-refractivity contribution in [3.05, 3.63) is 23.0 Å². The Morgan fingerprint density at radius 3 is 2.50 bits per heavy atom. The van der Waals surface area contributed by atoms with Crippen LogP contribution in [-0.2, 0) is 9.84 Å². The van der Waals surface area contributed by atoms with Crippen LogP contribution in [0.5, 0.6) is 11.6 Å². The molecule has 2 aromatic rings. The number of pyridine rings is 1. The van der Waals surface area contributed by atoms with E-state index >= 15 is 0 Å². The molecule has 0 spiro atoms. The largest absolute Gasteiger partial charge is 0.707 e. The van der Waals surface area contributed by atoms with Crippen LogP contribution in [-0.4, -0.2) is 42.9 Å². The Labute approximate surface area is 131 Å². The average molecular weight is 344 g/mol. The van der Waals surface area contributed by atoms with Crippen LogP contribution in [0.3, 0.4) is 0 Å². The Morgan fingerprint density at radius 2 is 2.00 bits per heavy atom. The normalized spacial score (nSPS) is 11.3. The summed E-state index contributed by atoms with van der Waals surface area (Å²) in [5.74, 6) is -0.238. The molecule has 0 radical (unpaired) electrons. The van der Waals surface area contributed by atoms with E-state index in [1.807, 2.05) is 0 Å². The van der Waals surface area contributed by atoms with Gasteiger partial charge in [0, 0.05) is 6.07 Å². The molecule has 2 rings (SSSR count). The summed E-state index contributed by atoms with van der Waals surface area (Å²) >= 11 is 1.03. The van der Waals surface area contributed by atoms with Gasteiger partial charge >= 0.3 is 7.32 Å². The Bertz CT molecular complexity index is 790. The van der Waals surface area contributed by atoms with Crippen molar-refractivity contribution >= 4 is 28.5 Å². The van der Waals surface area contributed by atoms with Gasteiger partial charge in [-0.05, 0) is 13.8 Å². The number of thiazole rings is 1. The number of hydrogen-bond acceptors (Lipinski definition) is 9. The van der Waals surface area contributed by atoms with Crippen LogP contribution in [0.1, 0.15) is 10.7 Å². The molecule has 8 nitrogen and oxygen atoms in total. The molecule has 0 aliphatic heterocycles. The predicted molar refractivity (Wildman–Crippen MR) is 78.6 cm³/mol. The molecule has 2 heterocycles. The van der Waals surface area contributed by atoms with Crippen molar-refractivity contribution in [1.82, 2.24) is 9.97 Å². The van der Waals surface area contributed by atoms with Gasteiger partial charge in [0.25, 0.3) is 0 Å². The first-order valence-electron chi connectivity index (χ1n) is 6.01. The van der Waals surface area contributed by atoms with E-state index in [9.17, 15) is 8.42 Å². The van der Waals surface area contributed by atoms with Gasteiger partial charge in [0.1, 0.15) is 14.9 Å². The lowest BCUT2D eigenvalue weighted by Crippen LogP contribution is -2.21. The topological polar surface area (TPSA) is 119 Å². The van der Waals surface area contributed by atoms with Crippen LogP contribution >= 0.6 is 11.3 Å². The van der Waals surface area contributed by atoms with E-state index in [0.717, 1.165) is 23.6 Å². The lowest BCUT2D eigenvalue weighted by Gasteiger charge is -2.10. The summed E-state index contributed by atoms with van der Waals surface area (Å²) in [5.41, 5.74) is 0.373. The highest BCUT2D eigenvalue weighted by Crippen LogP contribution is 2.34. The van der Waals surface area contributed by atoms with Crippen LogP contribution < -0.4 is 9.39 Å². The summed E-state index contributed by atoms with van der Waals surface area (Å²) < 4.78 is 35.2. The predicted octanol–water partition coefficient (Wildman–Crippen LogP) is 0.345. The molecular weight excluding hydrogens is 331 g/mol. The van der Waals surface area contributed by atoms with Crippen LogP contribution in [0.15, 0.2) is 21.4 Å². The number of methoxy groups -OCH3 is 1. The number of sulfone groups is 1. The molecule has 2 N–H and O–H groups in total. The summed E-state index contributed by atoms with van der Waals surface area (Å²) in [6.07, 6.45) is 1.13. The molecule has 0 saturated carbocycles. The molecule has 0 unspecified atom stereocenters. The van der Waals surface area contributed by atoms with Crippen molar-refractivity contribution in [3.8, 4) is 11.6 Å². The molecule has 22 heavy (non-hydrogen) atoms. The maximum absolute atomic E-state index is 12.8. The molecule has 0 aromatic carbocycles. The molecule has 11 heteroatoms. The van der Waals surface area contributed by atoms with Crippen LogP contribution in [0, 0.1) is 13.8 Å². The first-order chi connectivity index (χ1) is 10.3. The molecular formula is C11H13BN2O6S2. The fraction of sp³-hybridized carbons (Fsp3) is 0.273. The van der Waals surface area contributed by atoms with Crippen molar-refractivity contribution in [1.29, 1.82) is 0 Å². The molecule has 0 aliphatic rings. The van der Waals surface area contributed by atoms with Crippen LogP contribution in [0.4, 0.5) is 0 Å². The minimum absolute atomic E-state index is 0.0757. The Kier molecular flexibility index (Phi) is 4.70. The summed E-state index contributed by atoms with van der Waals surface area (Å²) in [4.78, 5) is 7.67. The van der Waals surface area contributed by atoms with Crippen molar-refractivity contribution < 1.29 is 27.9 Å². The highest BCUT2D eigenvalue weighted by atomic mass is 32.2. The zero-order chi connectivity index (χ0) is 16.5. The molecule has 0 saturated heterocycles. The van der Waals surface area contributed by atoms with Crippen molar-refractivity contribution in [3.63, 3.8) is 0 Å². The van der Waals surface area contributed by atoms with Gasteiger partial charge in [0.2, 0.25) is 15.7 Å². The van der Waals surface area contributed by atoms with E-state index in [2.05, 4.69) is 14.6 Å². The molecule has 118 valence electrons. The summed E-state index contributed by atoms with van der Waals surface area (Å²) in [6, 6.07) is 1.12. The third-order valence-electron chi connectivity index (χ3n) is 2.62. The highest BCUT2D eigenvalue weighted by Gasteiger charge is 2.29. The van der Waals surface area contributed by atoms with Crippen molar-refractivity contribution in [2.24, 2.45) is 0 Å². The van der Waals surface area contributed by atoms with Gasteiger partial charge in [-0.25, -0.2) is 18.4 Å². The second-order valence-corrected chi connectivity index (χ2v) is 7.55. The van der Waals surface area contributed by atoms with Gasteiger partial charge in [0.15, 0.2) is 0 Å². The van der Waals surface area contributed by atoms with Gasteiger partial charge < -0.3 is 19.4 Å². The van der Waals surface area contributed by atoms with Gasteiger partial charge in [-0.1, -0.05) is 0 Å². The number of rotatable bonds is 5. The number of aryl methyl sites for hydroxylation is 2. The molecule has 2 aromatic heterocycles. The Balaban J connectivity index is 2.60. The van der Waals surface area contributed by atoms with E-state index in [1.54, 1.807) is 13.8 Å². The third kappa shape index (κ3) is 3.22. The fourth-order valence-corrected chi connectivity index (χ4v) is 4.79.